The van der Waals surface area contributed by atoms with E-state index in [-0.39, 0.29) is 0 Å². The van der Waals surface area contributed by atoms with Gasteiger partial charge in [-0.25, -0.2) is 0 Å². The van der Waals surface area contributed by atoms with Crippen LogP contribution in [0.3, 0.4) is 0 Å². The predicted molar refractivity (Wildman–Crippen MR) is 61.1 cm³/mol. The highest BCUT2D eigenvalue weighted by atomic mass is 27.0. The van der Waals surface area contributed by atoms with Crippen LogP contribution in [-0.4, -0.2) is 44.7 Å². The molecule has 0 aliphatic carbocycles. The molecule has 0 amide bonds. The number of ketones is 3. The van der Waals surface area contributed by atoms with Gasteiger partial charge in [0.25, 0.3) is 0 Å². The largest absolute Gasteiger partial charge is 0.480 e. The van der Waals surface area contributed by atoms with E-state index in [0.717, 1.165) is 20.8 Å². The average Bonchev–Trinajstić information content (AvgIpc) is 2.01. The number of hydrogen-bond acceptors (Lipinski definition) is 4. The third-order valence-electron chi connectivity index (χ3n) is 1.91. The number of aliphatic carboxylic acids is 1. The van der Waals surface area contributed by atoms with Gasteiger partial charge in [-0.1, -0.05) is 6.92 Å². The molecule has 0 aliphatic rings. The quantitative estimate of drug-likeness (QED) is 0.550. The second-order valence-electron chi connectivity index (χ2n) is 3.43. The zero-order chi connectivity index (χ0) is 13.5. The first-order valence-electron chi connectivity index (χ1n) is 4.95. The Morgan fingerprint density at radius 1 is 1.00 bits per heavy atom. The summed E-state index contributed by atoms with van der Waals surface area (Å²) in [5.74, 6) is -4.58. The van der Waals surface area contributed by atoms with Gasteiger partial charge in [0.05, 0.1) is 0 Å². The maximum absolute atomic E-state index is 11.0. The van der Waals surface area contributed by atoms with E-state index in [4.69, 9.17) is 5.11 Å². The van der Waals surface area contributed by atoms with Gasteiger partial charge in [0.2, 0.25) is 21.7 Å². The molecule has 0 aromatic carbocycles. The Kier molecular flexibility index (Phi) is 7.96. The Hall–Kier alpha value is -0.988. The van der Waals surface area contributed by atoms with E-state index in [1.165, 1.54) is 21.6 Å². The van der Waals surface area contributed by atoms with Crippen LogP contribution in [-0.2, 0) is 19.2 Å². The number of hydrogen-bond donors (Lipinski definition) is 1. The number of carboxylic acids is 1. The van der Waals surface area contributed by atoms with E-state index in [2.05, 4.69) is 6.92 Å². The van der Waals surface area contributed by atoms with Crippen LogP contribution in [0, 0.1) is 5.41 Å². The fourth-order valence-corrected chi connectivity index (χ4v) is 1.20. The van der Waals surface area contributed by atoms with E-state index in [9.17, 15) is 19.2 Å². The summed E-state index contributed by atoms with van der Waals surface area (Å²) < 4.78 is 0. The van der Waals surface area contributed by atoms with E-state index in [0.29, 0.717) is 0 Å². The Bertz CT molecular complexity index is 247. The second-order valence-corrected chi connectivity index (χ2v) is 4.85. The third-order valence-corrected chi connectivity index (χ3v) is 1.91. The van der Waals surface area contributed by atoms with Crippen LogP contribution in [0.2, 0.25) is 5.28 Å². The summed E-state index contributed by atoms with van der Waals surface area (Å²) in [6, 6.07) is 0. The molecule has 16 heavy (non-hydrogen) atoms. The van der Waals surface area contributed by atoms with Gasteiger partial charge in [-0.2, -0.15) is 0 Å². The number of carbonyl (C=O) groups is 4. The number of carboxylic acid groups (broad SMARTS) is 1. The molecule has 0 atom stereocenters. The molecular formula is C10H17AlO5. The highest BCUT2D eigenvalue weighted by Gasteiger charge is 2.52. The van der Waals surface area contributed by atoms with Gasteiger partial charge in [0.15, 0.2) is 17.3 Å². The SMILES string of the molecule is CC(=O)C(C(C)=O)(C(C)=O)C(=O)O.C[CH2][AlH2]. The van der Waals surface area contributed by atoms with Crippen LogP contribution in [0.4, 0.5) is 0 Å². The molecule has 5 nitrogen and oxygen atoms in total. The minimum Gasteiger partial charge on any atom is -0.480 e. The first kappa shape index (κ1) is 17.4. The molecule has 0 saturated carbocycles. The average molecular weight is 244 g/mol. The maximum atomic E-state index is 11.0. The summed E-state index contributed by atoms with van der Waals surface area (Å²) in [6.07, 6.45) is 0. The molecule has 0 bridgehead atoms. The van der Waals surface area contributed by atoms with Crippen molar-refractivity contribution in [3.63, 3.8) is 0 Å². The summed E-state index contributed by atoms with van der Waals surface area (Å²) in [7, 11) is 0. The normalized spacial score (nSPS) is 9.75. The topological polar surface area (TPSA) is 88.5 Å². The lowest BCUT2D eigenvalue weighted by atomic mass is 9.77. The number of carbonyl (C=O) groups excluding carboxylic acids is 3. The Morgan fingerprint density at radius 2 is 1.19 bits per heavy atom. The van der Waals surface area contributed by atoms with Gasteiger partial charge in [-0.05, 0) is 20.8 Å². The van der Waals surface area contributed by atoms with Crippen LogP contribution in [0.1, 0.15) is 27.7 Å². The molecule has 0 unspecified atom stereocenters. The molecular weight excluding hydrogens is 227 g/mol. The van der Waals surface area contributed by atoms with Crippen molar-refractivity contribution in [2.45, 2.75) is 33.0 Å². The molecule has 0 rings (SSSR count). The van der Waals surface area contributed by atoms with E-state index in [1.54, 1.807) is 0 Å². The highest BCUT2D eigenvalue weighted by Crippen LogP contribution is 2.21. The lowest BCUT2D eigenvalue weighted by Gasteiger charge is -2.19. The van der Waals surface area contributed by atoms with Crippen molar-refractivity contribution < 1.29 is 24.3 Å². The summed E-state index contributed by atoms with van der Waals surface area (Å²) in [5, 5.41) is 10.1. The first-order chi connectivity index (χ1) is 7.19. The summed E-state index contributed by atoms with van der Waals surface area (Å²) in [6.45, 7) is 4.93. The molecule has 1 N–H and O–H groups in total. The molecule has 0 heterocycles. The Morgan fingerprint density at radius 3 is 1.19 bits per heavy atom. The summed E-state index contributed by atoms with van der Waals surface area (Å²) in [5.41, 5.74) is -2.50. The molecule has 0 radical (unpaired) electrons. The van der Waals surface area contributed by atoms with Crippen LogP contribution >= 0.6 is 0 Å². The smallest absolute Gasteiger partial charge is 0.332 e. The van der Waals surface area contributed by atoms with Crippen molar-refractivity contribution in [1.29, 1.82) is 0 Å². The van der Waals surface area contributed by atoms with Crippen LogP contribution in [0.25, 0.3) is 0 Å². The van der Waals surface area contributed by atoms with E-state index >= 15 is 0 Å². The minimum absolute atomic E-state index is 0.914. The molecule has 90 valence electrons. The molecule has 0 fully saturated rings. The Labute approximate surface area is 103 Å². The van der Waals surface area contributed by atoms with Crippen molar-refractivity contribution in [2.24, 2.45) is 5.41 Å². The fourth-order valence-electron chi connectivity index (χ4n) is 1.20. The van der Waals surface area contributed by atoms with E-state index < -0.39 is 28.7 Å². The molecule has 0 aromatic rings. The molecule has 0 aromatic heterocycles. The molecule has 6 heteroatoms. The lowest BCUT2D eigenvalue weighted by molar-refractivity contribution is -0.162. The van der Waals surface area contributed by atoms with Gasteiger partial charge < -0.3 is 5.11 Å². The van der Waals surface area contributed by atoms with Crippen molar-refractivity contribution in [3.05, 3.63) is 0 Å². The van der Waals surface area contributed by atoms with Gasteiger partial charge in [-0.15, -0.1) is 5.28 Å². The second kappa shape index (κ2) is 7.31. The summed E-state index contributed by atoms with van der Waals surface area (Å²) in [4.78, 5) is 43.6. The van der Waals surface area contributed by atoms with Crippen molar-refractivity contribution in [3.8, 4) is 0 Å². The van der Waals surface area contributed by atoms with Crippen molar-refractivity contribution >= 4 is 39.6 Å². The maximum Gasteiger partial charge on any atom is 0.332 e. The predicted octanol–water partition coefficient (Wildman–Crippen LogP) is -0.118. The van der Waals surface area contributed by atoms with Crippen molar-refractivity contribution in [1.82, 2.24) is 0 Å². The van der Waals surface area contributed by atoms with Crippen LogP contribution < -0.4 is 0 Å². The fraction of sp³-hybridized carbons (Fsp3) is 0.600. The molecule has 0 spiro atoms. The van der Waals surface area contributed by atoms with E-state index in [1.807, 2.05) is 0 Å². The Balaban J connectivity index is 0. The highest BCUT2D eigenvalue weighted by molar-refractivity contribution is 6.35. The third kappa shape index (κ3) is 3.55. The zero-order valence-electron chi connectivity index (χ0n) is 10.3. The van der Waals surface area contributed by atoms with Crippen molar-refractivity contribution in [2.75, 3.05) is 0 Å². The number of Topliss-reactive ketones (excluding diaryl/α,β-unsaturated/α-hetero) is 3. The van der Waals surface area contributed by atoms with Crippen LogP contribution in [0.15, 0.2) is 0 Å². The summed E-state index contributed by atoms with van der Waals surface area (Å²) >= 11 is 1.37. The first-order valence-corrected chi connectivity index (χ1v) is 6.37. The molecule has 0 aliphatic heterocycles. The zero-order valence-corrected chi connectivity index (χ0v) is 12.3. The van der Waals surface area contributed by atoms with Gasteiger partial charge in [-0.3, -0.25) is 19.2 Å². The van der Waals surface area contributed by atoms with Gasteiger partial charge in [0, 0.05) is 0 Å². The minimum atomic E-state index is -2.50. The number of rotatable bonds is 4. The van der Waals surface area contributed by atoms with Gasteiger partial charge >= 0.3 is 5.97 Å². The van der Waals surface area contributed by atoms with Crippen LogP contribution in [0.5, 0.6) is 0 Å². The standard InChI is InChI=1S/C8H10O5.C2H5.Al.2H/c1-4(9)8(5(2)10,6(3)11)7(12)13;1-2;;;/h1-3H3,(H,12,13);1H2,2H3;;;. The lowest BCUT2D eigenvalue weighted by Crippen LogP contribution is -2.49. The monoisotopic (exact) mass is 244 g/mol. The van der Waals surface area contributed by atoms with Gasteiger partial charge in [0.1, 0.15) is 0 Å². The molecule has 0 saturated heterocycles.